The van der Waals surface area contributed by atoms with Gasteiger partial charge in [0.1, 0.15) is 10.9 Å². The van der Waals surface area contributed by atoms with E-state index >= 15 is 0 Å². The van der Waals surface area contributed by atoms with Crippen LogP contribution < -0.4 is 15.4 Å². The van der Waals surface area contributed by atoms with Crippen molar-refractivity contribution in [3.8, 4) is 5.75 Å². The molecule has 0 fully saturated rings. The SMILES string of the molecule is COc1cccc(NC(=O)c2ccccc2NC(=O)/C=C/c2c(C)nn(C)c2Cl)c1. The summed E-state index contributed by atoms with van der Waals surface area (Å²) >= 11 is 6.18. The van der Waals surface area contributed by atoms with Gasteiger partial charge in [-0.05, 0) is 37.3 Å². The molecule has 2 N–H and O–H groups in total. The van der Waals surface area contributed by atoms with Crippen molar-refractivity contribution in [2.24, 2.45) is 7.05 Å². The third-order valence-corrected chi connectivity index (χ3v) is 4.80. The quantitative estimate of drug-likeness (QED) is 0.578. The summed E-state index contributed by atoms with van der Waals surface area (Å²) in [6.07, 6.45) is 2.95. The number of amides is 2. The van der Waals surface area contributed by atoms with Gasteiger partial charge in [-0.1, -0.05) is 29.8 Å². The van der Waals surface area contributed by atoms with E-state index in [0.29, 0.717) is 39.1 Å². The molecule has 2 amide bonds. The fourth-order valence-corrected chi connectivity index (χ4v) is 3.10. The molecular formula is C22H21ClN4O3. The summed E-state index contributed by atoms with van der Waals surface area (Å²) in [5.41, 5.74) is 2.68. The van der Waals surface area contributed by atoms with Crippen LogP contribution in [0.3, 0.4) is 0 Å². The first-order valence-corrected chi connectivity index (χ1v) is 9.49. The molecule has 1 aromatic heterocycles. The number of para-hydroxylation sites is 1. The zero-order chi connectivity index (χ0) is 21.7. The zero-order valence-electron chi connectivity index (χ0n) is 16.8. The van der Waals surface area contributed by atoms with Crippen LogP contribution in [0.1, 0.15) is 21.6 Å². The first-order chi connectivity index (χ1) is 14.4. The molecule has 7 nitrogen and oxygen atoms in total. The van der Waals surface area contributed by atoms with Crippen LogP contribution >= 0.6 is 11.6 Å². The van der Waals surface area contributed by atoms with E-state index < -0.39 is 5.91 Å². The molecule has 0 radical (unpaired) electrons. The van der Waals surface area contributed by atoms with Crippen LogP contribution in [-0.2, 0) is 11.8 Å². The number of nitrogens with one attached hydrogen (secondary N) is 2. The minimum atomic E-state index is -0.393. The van der Waals surface area contributed by atoms with Crippen molar-refractivity contribution in [3.05, 3.63) is 76.6 Å². The molecule has 3 aromatic rings. The Hall–Kier alpha value is -3.58. The van der Waals surface area contributed by atoms with E-state index in [1.54, 1.807) is 68.8 Å². The lowest BCUT2D eigenvalue weighted by molar-refractivity contribution is -0.111. The maximum atomic E-state index is 12.7. The number of rotatable bonds is 6. The number of anilines is 2. The number of methoxy groups -OCH3 is 1. The maximum Gasteiger partial charge on any atom is 0.257 e. The Bertz CT molecular complexity index is 1120. The van der Waals surface area contributed by atoms with Crippen LogP contribution in [0.4, 0.5) is 11.4 Å². The summed E-state index contributed by atoms with van der Waals surface area (Å²) in [5.74, 6) is -0.117. The Kier molecular flexibility index (Phi) is 6.54. The molecule has 1 heterocycles. The van der Waals surface area contributed by atoms with Crippen LogP contribution in [0.5, 0.6) is 5.75 Å². The van der Waals surface area contributed by atoms with Gasteiger partial charge in [-0.25, -0.2) is 0 Å². The zero-order valence-corrected chi connectivity index (χ0v) is 17.5. The molecule has 0 atom stereocenters. The van der Waals surface area contributed by atoms with Gasteiger partial charge >= 0.3 is 0 Å². The average molecular weight is 425 g/mol. The van der Waals surface area contributed by atoms with Gasteiger partial charge in [-0.15, -0.1) is 0 Å². The maximum absolute atomic E-state index is 12.7. The van der Waals surface area contributed by atoms with Crippen molar-refractivity contribution >= 4 is 40.9 Å². The van der Waals surface area contributed by atoms with Crippen LogP contribution in [0.15, 0.2) is 54.6 Å². The third kappa shape index (κ3) is 4.87. The summed E-state index contributed by atoms with van der Waals surface area (Å²) in [5, 5.41) is 10.2. The summed E-state index contributed by atoms with van der Waals surface area (Å²) in [6, 6.07) is 13.8. The minimum absolute atomic E-state index is 0.331. The minimum Gasteiger partial charge on any atom is -0.497 e. The van der Waals surface area contributed by atoms with E-state index in [4.69, 9.17) is 16.3 Å². The molecule has 0 unspecified atom stereocenters. The van der Waals surface area contributed by atoms with Gasteiger partial charge in [0.2, 0.25) is 5.91 Å². The molecule has 0 saturated carbocycles. The average Bonchev–Trinajstić information content (AvgIpc) is 2.98. The Balaban J connectivity index is 1.75. The van der Waals surface area contributed by atoms with E-state index in [2.05, 4.69) is 15.7 Å². The van der Waals surface area contributed by atoms with Crippen molar-refractivity contribution in [1.29, 1.82) is 0 Å². The topological polar surface area (TPSA) is 85.2 Å². The molecule has 8 heteroatoms. The molecule has 0 saturated heterocycles. The monoisotopic (exact) mass is 424 g/mol. The van der Waals surface area contributed by atoms with Gasteiger partial charge in [-0.3, -0.25) is 14.3 Å². The van der Waals surface area contributed by atoms with Crippen LogP contribution in [0.2, 0.25) is 5.15 Å². The predicted molar refractivity (Wildman–Crippen MR) is 118 cm³/mol. The lowest BCUT2D eigenvalue weighted by atomic mass is 10.1. The first kappa shape index (κ1) is 21.1. The highest BCUT2D eigenvalue weighted by atomic mass is 35.5. The van der Waals surface area contributed by atoms with Crippen LogP contribution in [-0.4, -0.2) is 28.7 Å². The summed E-state index contributed by atoms with van der Waals surface area (Å²) in [4.78, 5) is 25.2. The van der Waals surface area contributed by atoms with Gasteiger partial charge < -0.3 is 15.4 Å². The molecule has 3 rings (SSSR count). The van der Waals surface area contributed by atoms with Crippen LogP contribution in [0, 0.1) is 6.92 Å². The van der Waals surface area contributed by atoms with Crippen molar-refractivity contribution < 1.29 is 14.3 Å². The Morgan fingerprint density at radius 1 is 1.13 bits per heavy atom. The predicted octanol–water partition coefficient (Wildman–Crippen LogP) is 4.29. The van der Waals surface area contributed by atoms with Crippen molar-refractivity contribution in [2.45, 2.75) is 6.92 Å². The van der Waals surface area contributed by atoms with Gasteiger partial charge in [0.05, 0.1) is 24.1 Å². The second-order valence-electron chi connectivity index (χ2n) is 6.47. The normalized spacial score (nSPS) is 10.8. The number of carbonyl (C=O) groups is 2. The number of carbonyl (C=O) groups excluding carboxylic acids is 2. The molecule has 2 aromatic carbocycles. The molecule has 0 aliphatic carbocycles. The van der Waals surface area contributed by atoms with Crippen molar-refractivity contribution in [2.75, 3.05) is 17.7 Å². The van der Waals surface area contributed by atoms with Gasteiger partial charge in [0, 0.05) is 30.4 Å². The third-order valence-electron chi connectivity index (χ3n) is 4.35. The summed E-state index contributed by atoms with van der Waals surface area (Å²) in [6.45, 7) is 1.81. The number of hydrogen-bond donors (Lipinski definition) is 2. The molecule has 0 bridgehead atoms. The number of ether oxygens (including phenoxy) is 1. The molecule has 0 spiro atoms. The van der Waals surface area contributed by atoms with Gasteiger partial charge in [0.25, 0.3) is 5.91 Å². The smallest absolute Gasteiger partial charge is 0.257 e. The number of halogens is 1. The van der Waals surface area contributed by atoms with Crippen molar-refractivity contribution in [1.82, 2.24) is 9.78 Å². The highest BCUT2D eigenvalue weighted by Gasteiger charge is 2.13. The molecule has 0 aliphatic rings. The second-order valence-corrected chi connectivity index (χ2v) is 6.83. The van der Waals surface area contributed by atoms with Gasteiger partial charge in [0.15, 0.2) is 0 Å². The fraction of sp³-hybridized carbons (Fsp3) is 0.136. The van der Waals surface area contributed by atoms with E-state index in [-0.39, 0.29) is 5.91 Å². The second kappa shape index (κ2) is 9.28. The fourth-order valence-electron chi connectivity index (χ4n) is 2.86. The molecule has 30 heavy (non-hydrogen) atoms. The van der Waals surface area contributed by atoms with Gasteiger partial charge in [-0.2, -0.15) is 5.10 Å². The standard InChI is InChI=1S/C22H21ClN4O3/c1-14-17(21(23)27(2)26-14)11-12-20(28)25-19-10-5-4-9-18(19)22(29)24-15-7-6-8-16(13-15)30-3/h4-13H,1-3H3,(H,24,29)(H,25,28)/b12-11+. The number of benzene rings is 2. The van der Waals surface area contributed by atoms with Crippen molar-refractivity contribution in [3.63, 3.8) is 0 Å². The van der Waals surface area contributed by atoms with E-state index in [1.165, 1.54) is 10.8 Å². The van der Waals surface area contributed by atoms with E-state index in [0.717, 1.165) is 0 Å². The number of aryl methyl sites for hydroxylation is 2. The lowest BCUT2D eigenvalue weighted by Crippen LogP contribution is -2.17. The first-order valence-electron chi connectivity index (χ1n) is 9.11. The van der Waals surface area contributed by atoms with E-state index in [9.17, 15) is 9.59 Å². The molecule has 154 valence electrons. The lowest BCUT2D eigenvalue weighted by Gasteiger charge is -2.11. The molecular weight excluding hydrogens is 404 g/mol. The Morgan fingerprint density at radius 3 is 2.60 bits per heavy atom. The Morgan fingerprint density at radius 2 is 1.90 bits per heavy atom. The molecule has 0 aliphatic heterocycles. The highest BCUT2D eigenvalue weighted by Crippen LogP contribution is 2.22. The Labute approximate surface area is 179 Å². The number of nitrogens with zero attached hydrogens (tertiary/aromatic N) is 2. The highest BCUT2D eigenvalue weighted by molar-refractivity contribution is 6.31. The summed E-state index contributed by atoms with van der Waals surface area (Å²) < 4.78 is 6.70. The van der Waals surface area contributed by atoms with Crippen LogP contribution in [0.25, 0.3) is 6.08 Å². The number of aromatic nitrogens is 2. The van der Waals surface area contributed by atoms with E-state index in [1.807, 2.05) is 6.92 Å². The summed E-state index contributed by atoms with van der Waals surface area (Å²) in [7, 11) is 3.28. The number of hydrogen-bond acceptors (Lipinski definition) is 4. The largest absolute Gasteiger partial charge is 0.497 e.